The van der Waals surface area contributed by atoms with E-state index in [1.165, 1.54) is 25.7 Å². The Hall–Kier alpha value is -0.120. The predicted octanol–water partition coefficient (Wildman–Crippen LogP) is 3.48. The summed E-state index contributed by atoms with van der Waals surface area (Å²) in [6, 6.07) is 0. The van der Waals surface area contributed by atoms with Crippen molar-refractivity contribution in [3.8, 4) is 0 Å². The molecule has 1 saturated heterocycles. The van der Waals surface area contributed by atoms with Gasteiger partial charge in [0.25, 0.3) is 0 Å². The van der Waals surface area contributed by atoms with Gasteiger partial charge in [0.1, 0.15) is 0 Å². The van der Waals surface area contributed by atoms with Crippen LogP contribution < -0.4 is 0 Å². The maximum atomic E-state index is 10.1. The Morgan fingerprint density at radius 2 is 1.68 bits per heavy atom. The van der Waals surface area contributed by atoms with Crippen molar-refractivity contribution in [2.24, 2.45) is 29.1 Å². The third-order valence-corrected chi connectivity index (χ3v) is 8.10. The summed E-state index contributed by atoms with van der Waals surface area (Å²) in [5.74, 6) is 2.91. The van der Waals surface area contributed by atoms with Crippen molar-refractivity contribution in [2.75, 3.05) is 0 Å². The molecule has 3 aliphatic carbocycles. The molecule has 4 aliphatic rings. The average Bonchev–Trinajstić information content (AvgIpc) is 2.46. The molecule has 2 N–H and O–H groups in total. The van der Waals surface area contributed by atoms with Crippen LogP contribution in [0.2, 0.25) is 0 Å². The molecule has 4 rings (SSSR count). The molecule has 1 aliphatic heterocycles. The van der Waals surface area contributed by atoms with Crippen LogP contribution in [0.1, 0.15) is 71.6 Å². The van der Waals surface area contributed by atoms with E-state index in [2.05, 4.69) is 13.8 Å². The van der Waals surface area contributed by atoms with Crippen molar-refractivity contribution in [1.82, 2.24) is 0 Å². The first-order chi connectivity index (χ1) is 10.4. The standard InChI is InChI=1S/C19H32O3/c1-18-9-7-13(20)11-12(18)3-4-14-15(18)8-10-19(2)16(14)5-6-17(21)22-19/h12-17,20-21H,3-11H2,1-2H3. The van der Waals surface area contributed by atoms with Gasteiger partial charge in [-0.25, -0.2) is 0 Å². The van der Waals surface area contributed by atoms with Crippen molar-refractivity contribution >= 4 is 0 Å². The van der Waals surface area contributed by atoms with E-state index < -0.39 is 6.29 Å². The second-order valence-corrected chi connectivity index (χ2v) is 9.09. The van der Waals surface area contributed by atoms with Crippen LogP contribution in [0.3, 0.4) is 0 Å². The summed E-state index contributed by atoms with van der Waals surface area (Å²) >= 11 is 0. The van der Waals surface area contributed by atoms with Gasteiger partial charge in [-0.1, -0.05) is 6.92 Å². The molecule has 0 aromatic rings. The van der Waals surface area contributed by atoms with Gasteiger partial charge in [-0.05, 0) is 93.8 Å². The van der Waals surface area contributed by atoms with Crippen LogP contribution in [0.25, 0.3) is 0 Å². The minimum absolute atomic E-state index is 0.0587. The van der Waals surface area contributed by atoms with Crippen molar-refractivity contribution in [3.63, 3.8) is 0 Å². The predicted molar refractivity (Wildman–Crippen MR) is 85.1 cm³/mol. The van der Waals surface area contributed by atoms with Crippen LogP contribution >= 0.6 is 0 Å². The number of aliphatic hydroxyl groups is 2. The lowest BCUT2D eigenvalue weighted by molar-refractivity contribution is -0.267. The lowest BCUT2D eigenvalue weighted by Crippen LogP contribution is -2.59. The topological polar surface area (TPSA) is 49.7 Å². The Morgan fingerprint density at radius 3 is 2.50 bits per heavy atom. The summed E-state index contributed by atoms with van der Waals surface area (Å²) < 4.78 is 6.03. The highest BCUT2D eigenvalue weighted by Crippen LogP contribution is 2.63. The molecule has 8 atom stereocenters. The van der Waals surface area contributed by atoms with Gasteiger partial charge in [0, 0.05) is 0 Å². The molecule has 1 heterocycles. The average molecular weight is 308 g/mol. The molecular formula is C19H32O3. The van der Waals surface area contributed by atoms with E-state index >= 15 is 0 Å². The highest BCUT2D eigenvalue weighted by atomic mass is 16.6. The van der Waals surface area contributed by atoms with Gasteiger partial charge in [-0.3, -0.25) is 0 Å². The van der Waals surface area contributed by atoms with Gasteiger partial charge in [0.05, 0.1) is 11.7 Å². The van der Waals surface area contributed by atoms with E-state index in [0.717, 1.165) is 49.9 Å². The molecule has 3 heteroatoms. The van der Waals surface area contributed by atoms with E-state index in [9.17, 15) is 10.2 Å². The zero-order valence-corrected chi connectivity index (χ0v) is 14.1. The monoisotopic (exact) mass is 308 g/mol. The largest absolute Gasteiger partial charge is 0.393 e. The molecule has 22 heavy (non-hydrogen) atoms. The van der Waals surface area contributed by atoms with Crippen molar-refractivity contribution in [2.45, 2.75) is 89.6 Å². The smallest absolute Gasteiger partial charge is 0.155 e. The molecule has 0 spiro atoms. The Bertz CT molecular complexity index is 438. The molecule has 3 saturated carbocycles. The van der Waals surface area contributed by atoms with Crippen molar-refractivity contribution in [1.29, 1.82) is 0 Å². The summed E-state index contributed by atoms with van der Waals surface area (Å²) in [4.78, 5) is 0. The van der Waals surface area contributed by atoms with E-state index in [-0.39, 0.29) is 11.7 Å². The fourth-order valence-corrected chi connectivity index (χ4v) is 6.88. The quantitative estimate of drug-likeness (QED) is 0.720. The summed E-state index contributed by atoms with van der Waals surface area (Å²) in [5, 5.41) is 20.0. The number of fused-ring (bicyclic) bond motifs is 5. The summed E-state index contributed by atoms with van der Waals surface area (Å²) in [5.41, 5.74) is 0.329. The van der Waals surface area contributed by atoms with Gasteiger partial charge >= 0.3 is 0 Å². The first kappa shape index (κ1) is 15.4. The van der Waals surface area contributed by atoms with Crippen LogP contribution in [-0.4, -0.2) is 28.2 Å². The van der Waals surface area contributed by atoms with Gasteiger partial charge in [-0.15, -0.1) is 0 Å². The Kier molecular flexibility index (Phi) is 3.63. The Labute approximate surface area is 134 Å². The van der Waals surface area contributed by atoms with Crippen molar-refractivity contribution in [3.05, 3.63) is 0 Å². The van der Waals surface area contributed by atoms with E-state index in [4.69, 9.17) is 4.74 Å². The minimum Gasteiger partial charge on any atom is -0.393 e. The zero-order chi connectivity index (χ0) is 15.5. The molecular weight excluding hydrogens is 276 g/mol. The van der Waals surface area contributed by atoms with E-state index in [1.807, 2.05) is 0 Å². The number of aliphatic hydroxyl groups excluding tert-OH is 2. The number of rotatable bonds is 0. The van der Waals surface area contributed by atoms with Crippen LogP contribution in [-0.2, 0) is 4.74 Å². The van der Waals surface area contributed by atoms with Gasteiger partial charge in [0.2, 0.25) is 0 Å². The first-order valence-electron chi connectivity index (χ1n) is 9.46. The van der Waals surface area contributed by atoms with E-state index in [0.29, 0.717) is 11.3 Å². The van der Waals surface area contributed by atoms with Gasteiger partial charge in [0.15, 0.2) is 6.29 Å². The Balaban J connectivity index is 1.60. The zero-order valence-electron chi connectivity index (χ0n) is 14.1. The van der Waals surface area contributed by atoms with Crippen molar-refractivity contribution < 1.29 is 14.9 Å². The van der Waals surface area contributed by atoms with Crippen LogP contribution in [0, 0.1) is 29.1 Å². The fourth-order valence-electron chi connectivity index (χ4n) is 6.88. The highest BCUT2D eigenvalue weighted by molar-refractivity contribution is 5.07. The highest BCUT2D eigenvalue weighted by Gasteiger charge is 2.58. The molecule has 126 valence electrons. The summed E-state index contributed by atoms with van der Waals surface area (Å²) in [7, 11) is 0. The molecule has 0 bridgehead atoms. The molecule has 0 amide bonds. The van der Waals surface area contributed by atoms with Crippen LogP contribution in [0.5, 0.6) is 0 Å². The second kappa shape index (κ2) is 5.19. The Morgan fingerprint density at radius 1 is 0.864 bits per heavy atom. The van der Waals surface area contributed by atoms with E-state index in [1.54, 1.807) is 0 Å². The first-order valence-corrected chi connectivity index (χ1v) is 9.46. The normalized spacial score (nSPS) is 58.4. The second-order valence-electron chi connectivity index (χ2n) is 9.09. The maximum Gasteiger partial charge on any atom is 0.155 e. The third kappa shape index (κ3) is 2.19. The van der Waals surface area contributed by atoms with Crippen LogP contribution in [0.15, 0.2) is 0 Å². The number of ether oxygens (including phenoxy) is 1. The molecule has 0 radical (unpaired) electrons. The third-order valence-electron chi connectivity index (χ3n) is 8.10. The lowest BCUT2D eigenvalue weighted by atomic mass is 9.46. The van der Waals surface area contributed by atoms with Gasteiger partial charge in [-0.2, -0.15) is 0 Å². The van der Waals surface area contributed by atoms with Crippen LogP contribution in [0.4, 0.5) is 0 Å². The number of hydrogen-bond acceptors (Lipinski definition) is 3. The maximum absolute atomic E-state index is 10.1. The summed E-state index contributed by atoms with van der Waals surface area (Å²) in [6.07, 6.45) is 9.48. The lowest BCUT2D eigenvalue weighted by Gasteiger charge is -2.62. The number of hydrogen-bond donors (Lipinski definition) is 2. The van der Waals surface area contributed by atoms with Gasteiger partial charge < -0.3 is 14.9 Å². The summed E-state index contributed by atoms with van der Waals surface area (Å²) in [6.45, 7) is 4.76. The molecule has 0 aromatic carbocycles. The molecule has 3 nitrogen and oxygen atoms in total. The minimum atomic E-state index is -0.547. The molecule has 8 unspecified atom stereocenters. The molecule has 4 fully saturated rings. The fraction of sp³-hybridized carbons (Fsp3) is 1.00. The molecule has 0 aromatic heterocycles. The SMILES string of the molecule is CC12CCC3C(CCC4CC(O)CCC43C)C1CCC(O)O2.